The Morgan fingerprint density at radius 3 is 2.75 bits per heavy atom. The molecule has 2 rings (SSSR count). The second kappa shape index (κ2) is 3.48. The Kier molecular flexibility index (Phi) is 2.26. The molecule has 1 aromatic carbocycles. The van der Waals surface area contributed by atoms with E-state index in [4.69, 9.17) is 5.73 Å². The van der Waals surface area contributed by atoms with Gasteiger partial charge in [-0.2, -0.15) is 0 Å². The van der Waals surface area contributed by atoms with Gasteiger partial charge in [-0.05, 0) is 6.07 Å². The lowest BCUT2D eigenvalue weighted by Gasteiger charge is -1.99. The van der Waals surface area contributed by atoms with Crippen LogP contribution in [-0.2, 0) is 4.74 Å². The van der Waals surface area contributed by atoms with E-state index in [0.29, 0.717) is 6.07 Å². The molecule has 0 amide bonds. The first-order valence-electron chi connectivity index (χ1n) is 4.39. The van der Waals surface area contributed by atoms with Crippen LogP contribution in [0, 0.1) is 11.6 Å². The molecule has 1 heterocycles. The van der Waals surface area contributed by atoms with E-state index in [1.165, 1.54) is 0 Å². The number of benzene rings is 1. The van der Waals surface area contributed by atoms with Gasteiger partial charge in [-0.1, -0.05) is 0 Å². The Hall–Kier alpha value is -2.11. The second-order valence-electron chi connectivity index (χ2n) is 3.22. The number of nitrogens with two attached hydrogens (primary N) is 1. The van der Waals surface area contributed by atoms with E-state index in [0.717, 1.165) is 13.2 Å². The summed E-state index contributed by atoms with van der Waals surface area (Å²) in [6.07, 6.45) is 0. The fourth-order valence-electron chi connectivity index (χ4n) is 1.58. The zero-order valence-electron chi connectivity index (χ0n) is 8.30. The maximum Gasteiger partial charge on any atom is 0.342 e. The molecule has 0 unspecified atom stereocenters. The SMILES string of the molecule is COC(=O)c1c(N)[nH]c2cc(F)cc(F)c12. The molecule has 0 spiro atoms. The molecule has 0 fully saturated rings. The molecule has 3 N–H and O–H groups in total. The van der Waals surface area contributed by atoms with Crippen molar-refractivity contribution in [3.8, 4) is 0 Å². The number of hydrogen-bond donors (Lipinski definition) is 2. The first kappa shape index (κ1) is 10.4. The third-order valence-electron chi connectivity index (χ3n) is 2.23. The van der Waals surface area contributed by atoms with E-state index in [-0.39, 0.29) is 22.3 Å². The van der Waals surface area contributed by atoms with Crippen LogP contribution in [-0.4, -0.2) is 18.1 Å². The number of anilines is 1. The topological polar surface area (TPSA) is 68.1 Å². The maximum atomic E-state index is 13.5. The Labute approximate surface area is 89.0 Å². The van der Waals surface area contributed by atoms with Crippen LogP contribution in [0.15, 0.2) is 12.1 Å². The zero-order valence-corrected chi connectivity index (χ0v) is 8.30. The van der Waals surface area contributed by atoms with Crippen molar-refractivity contribution < 1.29 is 18.3 Å². The van der Waals surface area contributed by atoms with E-state index in [2.05, 4.69) is 9.72 Å². The summed E-state index contributed by atoms with van der Waals surface area (Å²) >= 11 is 0. The average Bonchev–Trinajstić information content (AvgIpc) is 2.53. The molecular formula is C10H8F2N2O2. The van der Waals surface area contributed by atoms with Gasteiger partial charge in [-0.15, -0.1) is 0 Å². The summed E-state index contributed by atoms with van der Waals surface area (Å²) in [6.45, 7) is 0. The van der Waals surface area contributed by atoms with Gasteiger partial charge in [-0.3, -0.25) is 0 Å². The van der Waals surface area contributed by atoms with Crippen LogP contribution in [0.5, 0.6) is 0 Å². The minimum absolute atomic E-state index is 0.0497. The van der Waals surface area contributed by atoms with Gasteiger partial charge in [-0.25, -0.2) is 13.6 Å². The number of nitrogen functional groups attached to an aromatic ring is 1. The molecule has 0 radical (unpaired) electrons. The molecule has 0 saturated heterocycles. The number of carbonyl (C=O) groups excluding carboxylic acids is 1. The minimum atomic E-state index is -0.858. The van der Waals surface area contributed by atoms with Crippen LogP contribution in [0.1, 0.15) is 10.4 Å². The Balaban J connectivity index is 2.84. The molecule has 0 aliphatic heterocycles. The first-order valence-corrected chi connectivity index (χ1v) is 4.39. The highest BCUT2D eigenvalue weighted by Crippen LogP contribution is 2.28. The van der Waals surface area contributed by atoms with Crippen molar-refractivity contribution in [2.45, 2.75) is 0 Å². The van der Waals surface area contributed by atoms with Crippen molar-refractivity contribution in [3.05, 3.63) is 29.3 Å². The highest BCUT2D eigenvalue weighted by atomic mass is 19.1. The molecule has 6 heteroatoms. The third-order valence-corrected chi connectivity index (χ3v) is 2.23. The molecule has 0 aliphatic carbocycles. The standard InChI is InChI=1S/C10H8F2N2O2/c1-16-10(15)8-7-5(12)2-4(11)3-6(7)14-9(8)13/h2-3,14H,13H2,1H3. The normalized spacial score (nSPS) is 10.7. The molecule has 0 atom stereocenters. The average molecular weight is 226 g/mol. The van der Waals surface area contributed by atoms with Gasteiger partial charge in [0.2, 0.25) is 0 Å². The lowest BCUT2D eigenvalue weighted by molar-refractivity contribution is 0.0604. The molecule has 0 bridgehead atoms. The maximum absolute atomic E-state index is 13.5. The summed E-state index contributed by atoms with van der Waals surface area (Å²) in [5.41, 5.74) is 5.51. The summed E-state index contributed by atoms with van der Waals surface area (Å²) in [7, 11) is 1.15. The predicted molar refractivity (Wildman–Crippen MR) is 54.0 cm³/mol. The van der Waals surface area contributed by atoms with E-state index in [1.54, 1.807) is 0 Å². The number of hydrogen-bond acceptors (Lipinski definition) is 3. The number of nitrogens with one attached hydrogen (secondary N) is 1. The highest BCUT2D eigenvalue weighted by Gasteiger charge is 2.21. The van der Waals surface area contributed by atoms with Crippen molar-refractivity contribution in [1.29, 1.82) is 0 Å². The lowest BCUT2D eigenvalue weighted by Crippen LogP contribution is -2.04. The Morgan fingerprint density at radius 1 is 1.44 bits per heavy atom. The Morgan fingerprint density at radius 2 is 2.12 bits per heavy atom. The smallest absolute Gasteiger partial charge is 0.342 e. The summed E-state index contributed by atoms with van der Waals surface area (Å²) in [5, 5.41) is -0.0641. The van der Waals surface area contributed by atoms with Crippen LogP contribution in [0.4, 0.5) is 14.6 Å². The van der Waals surface area contributed by atoms with Gasteiger partial charge < -0.3 is 15.5 Å². The monoisotopic (exact) mass is 226 g/mol. The van der Waals surface area contributed by atoms with E-state index in [1.807, 2.05) is 0 Å². The molecule has 4 nitrogen and oxygen atoms in total. The quantitative estimate of drug-likeness (QED) is 0.728. The van der Waals surface area contributed by atoms with Gasteiger partial charge in [0.05, 0.1) is 18.0 Å². The number of fused-ring (bicyclic) bond motifs is 1. The number of halogens is 2. The van der Waals surface area contributed by atoms with Gasteiger partial charge >= 0.3 is 5.97 Å². The van der Waals surface area contributed by atoms with E-state index >= 15 is 0 Å². The first-order chi connectivity index (χ1) is 7.54. The molecule has 0 saturated carbocycles. The molecule has 0 aliphatic rings. The van der Waals surface area contributed by atoms with Crippen molar-refractivity contribution in [3.63, 3.8) is 0 Å². The molecule has 2 aromatic rings. The molecular weight excluding hydrogens is 218 g/mol. The van der Waals surface area contributed by atoms with Crippen molar-refractivity contribution >= 4 is 22.7 Å². The van der Waals surface area contributed by atoms with Crippen LogP contribution >= 0.6 is 0 Å². The largest absolute Gasteiger partial charge is 0.465 e. The fourth-order valence-corrected chi connectivity index (χ4v) is 1.58. The zero-order chi connectivity index (χ0) is 11.9. The minimum Gasteiger partial charge on any atom is -0.465 e. The number of carbonyl (C=O) groups is 1. The number of rotatable bonds is 1. The fraction of sp³-hybridized carbons (Fsp3) is 0.100. The summed E-state index contributed by atoms with van der Waals surface area (Å²) in [5.74, 6) is -2.42. The number of aromatic nitrogens is 1. The third kappa shape index (κ3) is 1.39. The number of aromatic amines is 1. The molecule has 84 valence electrons. The van der Waals surface area contributed by atoms with Crippen molar-refractivity contribution in [1.82, 2.24) is 4.98 Å². The summed E-state index contributed by atoms with van der Waals surface area (Å²) < 4.78 is 30.9. The number of methoxy groups -OCH3 is 1. The van der Waals surface area contributed by atoms with Crippen LogP contribution in [0.2, 0.25) is 0 Å². The van der Waals surface area contributed by atoms with Gasteiger partial charge in [0, 0.05) is 6.07 Å². The van der Waals surface area contributed by atoms with Gasteiger partial charge in [0.25, 0.3) is 0 Å². The predicted octanol–water partition coefficient (Wildman–Crippen LogP) is 1.81. The summed E-state index contributed by atoms with van der Waals surface area (Å²) in [4.78, 5) is 13.9. The Bertz CT molecular complexity index is 578. The second-order valence-corrected chi connectivity index (χ2v) is 3.22. The number of ether oxygens (including phenoxy) is 1. The van der Waals surface area contributed by atoms with Gasteiger partial charge in [0.15, 0.2) is 0 Å². The number of H-pyrrole nitrogens is 1. The van der Waals surface area contributed by atoms with Crippen molar-refractivity contribution in [2.75, 3.05) is 12.8 Å². The van der Waals surface area contributed by atoms with Crippen LogP contribution in [0.3, 0.4) is 0 Å². The lowest BCUT2D eigenvalue weighted by atomic mass is 10.1. The van der Waals surface area contributed by atoms with Crippen LogP contribution in [0.25, 0.3) is 10.9 Å². The van der Waals surface area contributed by atoms with Crippen LogP contribution < -0.4 is 5.73 Å². The molecule has 16 heavy (non-hydrogen) atoms. The highest BCUT2D eigenvalue weighted by molar-refractivity contribution is 6.09. The molecule has 1 aromatic heterocycles. The van der Waals surface area contributed by atoms with E-state index < -0.39 is 17.6 Å². The van der Waals surface area contributed by atoms with Crippen molar-refractivity contribution in [2.24, 2.45) is 0 Å². The summed E-state index contributed by atoms with van der Waals surface area (Å²) in [6, 6.07) is 1.74. The van der Waals surface area contributed by atoms with Gasteiger partial charge in [0.1, 0.15) is 23.0 Å². The van der Waals surface area contributed by atoms with E-state index in [9.17, 15) is 13.6 Å². The number of esters is 1.